The number of rotatable bonds is 3. The van der Waals surface area contributed by atoms with E-state index in [0.29, 0.717) is 26.1 Å². The fourth-order valence-electron chi connectivity index (χ4n) is 3.19. The second-order valence-electron chi connectivity index (χ2n) is 6.19. The Labute approximate surface area is 139 Å². The first kappa shape index (κ1) is 15.0. The monoisotopic (exact) mass is 324 g/mol. The molecule has 124 valence electrons. The molecule has 3 heterocycles. The molecule has 0 bridgehead atoms. The summed E-state index contributed by atoms with van der Waals surface area (Å²) < 4.78 is 5.77. The standard InChI is InChI=1S/C18H20N4O2/c1-12-9-20-18(21-12)16-11-22(6-7-24-16)17(23)8-13-10-19-15-5-3-2-4-14(13)15/h2-5,9-10,16,19H,6-8,11H2,1H3,(H,20,21)/t16-/m0/s1. The van der Waals surface area contributed by atoms with E-state index in [1.807, 2.05) is 42.3 Å². The number of carbonyl (C=O) groups excluding carboxylic acids is 1. The zero-order chi connectivity index (χ0) is 16.5. The molecule has 1 aromatic carbocycles. The van der Waals surface area contributed by atoms with Gasteiger partial charge in [0.2, 0.25) is 5.91 Å². The van der Waals surface area contributed by atoms with E-state index in [2.05, 4.69) is 15.0 Å². The third-order valence-corrected chi connectivity index (χ3v) is 4.46. The van der Waals surface area contributed by atoms with Crippen molar-refractivity contribution in [3.05, 3.63) is 53.7 Å². The van der Waals surface area contributed by atoms with Gasteiger partial charge in [-0.05, 0) is 18.6 Å². The number of aryl methyl sites for hydroxylation is 1. The quantitative estimate of drug-likeness (QED) is 0.776. The van der Waals surface area contributed by atoms with Gasteiger partial charge in [0.1, 0.15) is 11.9 Å². The maximum absolute atomic E-state index is 12.7. The summed E-state index contributed by atoms with van der Waals surface area (Å²) in [5.41, 5.74) is 3.09. The van der Waals surface area contributed by atoms with Crippen molar-refractivity contribution in [1.29, 1.82) is 0 Å². The first-order valence-electron chi connectivity index (χ1n) is 8.16. The normalized spacial score (nSPS) is 18.2. The zero-order valence-corrected chi connectivity index (χ0v) is 13.6. The van der Waals surface area contributed by atoms with Crippen LogP contribution in [0.5, 0.6) is 0 Å². The molecule has 1 aliphatic rings. The van der Waals surface area contributed by atoms with Crippen LogP contribution in [-0.2, 0) is 16.0 Å². The Morgan fingerprint density at radius 1 is 1.42 bits per heavy atom. The Bertz CT molecular complexity index is 867. The number of amides is 1. The van der Waals surface area contributed by atoms with Gasteiger partial charge in [0.25, 0.3) is 0 Å². The molecular formula is C18H20N4O2. The molecule has 2 aromatic heterocycles. The number of aromatic nitrogens is 3. The smallest absolute Gasteiger partial charge is 0.227 e. The van der Waals surface area contributed by atoms with Gasteiger partial charge in [0.15, 0.2) is 0 Å². The molecule has 0 unspecified atom stereocenters. The van der Waals surface area contributed by atoms with E-state index in [0.717, 1.165) is 28.0 Å². The summed E-state index contributed by atoms with van der Waals surface area (Å²) in [6.45, 7) is 3.65. The molecule has 4 rings (SSSR count). The fourth-order valence-corrected chi connectivity index (χ4v) is 3.19. The minimum Gasteiger partial charge on any atom is -0.367 e. The number of nitrogens with one attached hydrogen (secondary N) is 2. The molecule has 1 fully saturated rings. The van der Waals surface area contributed by atoms with Crippen LogP contribution in [0.4, 0.5) is 0 Å². The van der Waals surface area contributed by atoms with Gasteiger partial charge in [-0.15, -0.1) is 0 Å². The van der Waals surface area contributed by atoms with Crippen LogP contribution in [0.15, 0.2) is 36.7 Å². The van der Waals surface area contributed by atoms with Gasteiger partial charge in [0.05, 0.1) is 19.6 Å². The van der Waals surface area contributed by atoms with E-state index in [-0.39, 0.29) is 12.0 Å². The minimum atomic E-state index is -0.181. The van der Waals surface area contributed by atoms with Gasteiger partial charge in [0, 0.05) is 35.5 Å². The van der Waals surface area contributed by atoms with Crippen molar-refractivity contribution in [2.24, 2.45) is 0 Å². The molecule has 0 spiro atoms. The first-order valence-corrected chi connectivity index (χ1v) is 8.16. The number of hydrogen-bond donors (Lipinski definition) is 2. The van der Waals surface area contributed by atoms with Gasteiger partial charge >= 0.3 is 0 Å². The number of ether oxygens (including phenoxy) is 1. The number of benzene rings is 1. The first-order chi connectivity index (χ1) is 11.7. The molecule has 0 saturated carbocycles. The van der Waals surface area contributed by atoms with Crippen LogP contribution in [0.2, 0.25) is 0 Å². The van der Waals surface area contributed by atoms with Crippen LogP contribution in [0, 0.1) is 6.92 Å². The van der Waals surface area contributed by atoms with Gasteiger partial charge in [-0.25, -0.2) is 4.98 Å². The lowest BCUT2D eigenvalue weighted by Gasteiger charge is -2.32. The molecule has 0 aliphatic carbocycles. The van der Waals surface area contributed by atoms with Gasteiger partial charge in [-0.3, -0.25) is 4.79 Å². The van der Waals surface area contributed by atoms with Crippen molar-refractivity contribution in [1.82, 2.24) is 19.9 Å². The predicted molar refractivity (Wildman–Crippen MR) is 90.6 cm³/mol. The third kappa shape index (κ3) is 2.80. The molecule has 6 heteroatoms. The van der Waals surface area contributed by atoms with Crippen molar-refractivity contribution >= 4 is 16.8 Å². The molecular weight excluding hydrogens is 304 g/mol. The summed E-state index contributed by atoms with van der Waals surface area (Å²) in [4.78, 5) is 25.3. The van der Waals surface area contributed by atoms with Crippen LogP contribution in [-0.4, -0.2) is 45.5 Å². The van der Waals surface area contributed by atoms with E-state index in [1.54, 1.807) is 6.20 Å². The molecule has 0 radical (unpaired) electrons. The largest absolute Gasteiger partial charge is 0.367 e. The lowest BCUT2D eigenvalue weighted by atomic mass is 10.1. The van der Waals surface area contributed by atoms with Crippen molar-refractivity contribution in [3.63, 3.8) is 0 Å². The molecule has 1 atom stereocenters. The summed E-state index contributed by atoms with van der Waals surface area (Å²) in [5.74, 6) is 0.911. The second kappa shape index (κ2) is 6.13. The molecule has 3 aromatic rings. The van der Waals surface area contributed by atoms with Crippen molar-refractivity contribution < 1.29 is 9.53 Å². The number of hydrogen-bond acceptors (Lipinski definition) is 3. The minimum absolute atomic E-state index is 0.122. The van der Waals surface area contributed by atoms with E-state index < -0.39 is 0 Å². The lowest BCUT2D eigenvalue weighted by Crippen LogP contribution is -2.43. The Hall–Kier alpha value is -2.60. The Morgan fingerprint density at radius 3 is 3.12 bits per heavy atom. The van der Waals surface area contributed by atoms with Crippen molar-refractivity contribution in [3.8, 4) is 0 Å². The Morgan fingerprint density at radius 2 is 2.29 bits per heavy atom. The Kier molecular flexibility index (Phi) is 3.82. The summed E-state index contributed by atoms with van der Waals surface area (Å²) in [6, 6.07) is 8.05. The average Bonchev–Trinajstić information content (AvgIpc) is 3.22. The highest BCUT2D eigenvalue weighted by Crippen LogP contribution is 2.22. The topological polar surface area (TPSA) is 74.0 Å². The maximum atomic E-state index is 12.7. The highest BCUT2D eigenvalue weighted by molar-refractivity contribution is 5.88. The van der Waals surface area contributed by atoms with Crippen molar-refractivity contribution in [2.75, 3.05) is 19.7 Å². The maximum Gasteiger partial charge on any atom is 0.227 e. The number of imidazole rings is 1. The van der Waals surface area contributed by atoms with E-state index in [1.165, 1.54) is 0 Å². The van der Waals surface area contributed by atoms with Crippen LogP contribution >= 0.6 is 0 Å². The number of nitrogens with zero attached hydrogens (tertiary/aromatic N) is 2. The molecule has 1 saturated heterocycles. The summed E-state index contributed by atoms with van der Waals surface area (Å²) in [7, 11) is 0. The number of aromatic amines is 2. The number of morpholine rings is 1. The average molecular weight is 324 g/mol. The molecule has 1 aliphatic heterocycles. The van der Waals surface area contributed by atoms with Crippen molar-refractivity contribution in [2.45, 2.75) is 19.4 Å². The molecule has 1 amide bonds. The highest BCUT2D eigenvalue weighted by atomic mass is 16.5. The number of carbonyl (C=O) groups is 1. The molecule has 6 nitrogen and oxygen atoms in total. The van der Waals surface area contributed by atoms with Crippen LogP contribution < -0.4 is 0 Å². The lowest BCUT2D eigenvalue weighted by molar-refractivity contribution is -0.138. The van der Waals surface area contributed by atoms with Gasteiger partial charge in [-0.1, -0.05) is 18.2 Å². The molecule has 24 heavy (non-hydrogen) atoms. The van der Waals surface area contributed by atoms with Gasteiger partial charge < -0.3 is 19.6 Å². The van der Waals surface area contributed by atoms with Crippen LogP contribution in [0.25, 0.3) is 10.9 Å². The highest BCUT2D eigenvalue weighted by Gasteiger charge is 2.27. The van der Waals surface area contributed by atoms with E-state index in [4.69, 9.17) is 4.74 Å². The van der Waals surface area contributed by atoms with Crippen LogP contribution in [0.1, 0.15) is 23.2 Å². The number of para-hydroxylation sites is 1. The summed E-state index contributed by atoms with van der Waals surface area (Å²) in [6.07, 6.45) is 3.93. The number of H-pyrrole nitrogens is 2. The summed E-state index contributed by atoms with van der Waals surface area (Å²) in [5, 5.41) is 1.11. The zero-order valence-electron chi connectivity index (χ0n) is 13.6. The number of fused-ring (bicyclic) bond motifs is 1. The third-order valence-electron chi connectivity index (χ3n) is 4.46. The fraction of sp³-hybridized carbons (Fsp3) is 0.333. The SMILES string of the molecule is Cc1cnc([C@@H]2CN(C(=O)Cc3c[nH]c4ccccc34)CCO2)[nH]1. The second-order valence-corrected chi connectivity index (χ2v) is 6.19. The summed E-state index contributed by atoms with van der Waals surface area (Å²) >= 11 is 0. The Balaban J connectivity index is 1.48. The van der Waals surface area contributed by atoms with Gasteiger partial charge in [-0.2, -0.15) is 0 Å². The predicted octanol–water partition coefficient (Wildman–Crippen LogP) is 2.34. The van der Waals surface area contributed by atoms with E-state index >= 15 is 0 Å². The van der Waals surface area contributed by atoms with E-state index in [9.17, 15) is 4.79 Å². The van der Waals surface area contributed by atoms with Crippen LogP contribution in [0.3, 0.4) is 0 Å². The molecule has 2 N–H and O–H groups in total.